The molecular formula is C56H33NS. The molecule has 2 aliphatic rings. The molecule has 268 valence electrons. The van der Waals surface area contributed by atoms with Gasteiger partial charge in [-0.1, -0.05) is 176 Å². The Kier molecular flexibility index (Phi) is 7.21. The summed E-state index contributed by atoms with van der Waals surface area (Å²) in [6, 6.07) is 76.0. The van der Waals surface area contributed by atoms with Crippen molar-refractivity contribution in [1.82, 2.24) is 0 Å². The van der Waals surface area contributed by atoms with Crippen LogP contribution in [0.25, 0.3) is 76.8 Å². The van der Waals surface area contributed by atoms with Crippen LogP contribution in [-0.4, -0.2) is 0 Å². The summed E-state index contributed by atoms with van der Waals surface area (Å²) in [6.45, 7) is 0. The van der Waals surface area contributed by atoms with E-state index in [2.05, 4.69) is 194 Å². The van der Waals surface area contributed by atoms with Gasteiger partial charge in [0.1, 0.15) is 0 Å². The van der Waals surface area contributed by atoms with E-state index in [1.807, 2.05) is 23.9 Å². The lowest BCUT2D eigenvalue weighted by Crippen LogP contribution is -2.31. The van der Waals surface area contributed by atoms with Gasteiger partial charge in [-0.25, -0.2) is 0 Å². The molecule has 0 amide bonds. The van der Waals surface area contributed by atoms with Crippen LogP contribution in [-0.2, 0) is 5.41 Å². The lowest BCUT2D eigenvalue weighted by molar-refractivity contribution is 0.722. The first kappa shape index (κ1) is 33.0. The average Bonchev–Trinajstić information content (AvgIpc) is 3.58. The second-order valence-corrected chi connectivity index (χ2v) is 16.5. The molecule has 1 spiro atoms. The van der Waals surface area contributed by atoms with Crippen LogP contribution in [0.2, 0.25) is 0 Å². The number of rotatable bonds is 3. The number of hydrogen-bond acceptors (Lipinski definition) is 2. The van der Waals surface area contributed by atoms with Crippen LogP contribution in [0, 0.1) is 11.3 Å². The van der Waals surface area contributed by atoms with Gasteiger partial charge in [-0.3, -0.25) is 0 Å². The third-order valence-electron chi connectivity index (χ3n) is 12.5. The molecule has 0 atom stereocenters. The van der Waals surface area contributed by atoms with Gasteiger partial charge >= 0.3 is 0 Å². The summed E-state index contributed by atoms with van der Waals surface area (Å²) in [4.78, 5) is 2.58. The molecular weight excluding hydrogens is 719 g/mol. The summed E-state index contributed by atoms with van der Waals surface area (Å²) in [5.74, 6) is 0. The van der Waals surface area contributed by atoms with E-state index in [9.17, 15) is 5.26 Å². The molecule has 0 N–H and O–H groups in total. The molecule has 1 aliphatic heterocycles. The van der Waals surface area contributed by atoms with Crippen LogP contribution in [0.5, 0.6) is 0 Å². The molecule has 0 radical (unpaired) electrons. The zero-order valence-corrected chi connectivity index (χ0v) is 32.2. The molecule has 58 heavy (non-hydrogen) atoms. The quantitative estimate of drug-likeness (QED) is 0.168. The molecule has 1 aliphatic carbocycles. The Balaban J connectivity index is 1.21. The molecule has 12 rings (SSSR count). The third kappa shape index (κ3) is 4.60. The SMILES string of the molecule is N#Cc1ccc(-c2ccc3c(c2)-c2c(-c4c5ccccc5c(-c5ccc6ccccc6c5)c5ccccc45)cccc2C32c3ccccc3Sc3ccccc32)cc1. The number of fused-ring (bicyclic) bond motifs is 12. The Bertz CT molecular complexity index is 3280. The molecule has 0 aromatic heterocycles. The third-order valence-corrected chi connectivity index (χ3v) is 13.7. The molecule has 10 aromatic carbocycles. The van der Waals surface area contributed by atoms with Crippen LogP contribution in [0.4, 0.5) is 0 Å². The van der Waals surface area contributed by atoms with E-state index < -0.39 is 5.41 Å². The Labute approximate surface area is 341 Å². The van der Waals surface area contributed by atoms with Gasteiger partial charge in [-0.15, -0.1) is 0 Å². The molecule has 10 aromatic rings. The predicted octanol–water partition coefficient (Wildman–Crippen LogP) is 14.8. The Morgan fingerprint density at radius 1 is 0.362 bits per heavy atom. The first-order chi connectivity index (χ1) is 28.7. The number of benzene rings is 10. The Hall–Kier alpha value is -7.18. The van der Waals surface area contributed by atoms with Crippen molar-refractivity contribution in [2.24, 2.45) is 0 Å². The fourth-order valence-electron chi connectivity index (χ4n) is 10.2. The molecule has 0 unspecified atom stereocenters. The summed E-state index contributed by atoms with van der Waals surface area (Å²) in [6.07, 6.45) is 0. The van der Waals surface area contributed by atoms with E-state index >= 15 is 0 Å². The number of nitrogens with zero attached hydrogens (tertiary/aromatic N) is 1. The molecule has 1 heterocycles. The largest absolute Gasteiger partial charge is 0.192 e. The molecule has 2 heteroatoms. The lowest BCUT2D eigenvalue weighted by Gasteiger charge is -2.39. The smallest absolute Gasteiger partial charge is 0.0991 e. The zero-order chi connectivity index (χ0) is 38.4. The fourth-order valence-corrected chi connectivity index (χ4v) is 11.3. The predicted molar refractivity (Wildman–Crippen MR) is 241 cm³/mol. The maximum absolute atomic E-state index is 9.60. The van der Waals surface area contributed by atoms with Gasteiger partial charge in [0.25, 0.3) is 0 Å². The molecule has 1 nitrogen and oxygen atoms in total. The van der Waals surface area contributed by atoms with Crippen molar-refractivity contribution in [3.63, 3.8) is 0 Å². The van der Waals surface area contributed by atoms with Crippen molar-refractivity contribution in [2.75, 3.05) is 0 Å². The van der Waals surface area contributed by atoms with E-state index in [0.29, 0.717) is 5.56 Å². The summed E-state index contributed by atoms with van der Waals surface area (Å²) < 4.78 is 0. The minimum Gasteiger partial charge on any atom is -0.192 e. The number of hydrogen-bond donors (Lipinski definition) is 0. The van der Waals surface area contributed by atoms with Crippen molar-refractivity contribution >= 4 is 44.1 Å². The second kappa shape index (κ2) is 12.7. The first-order valence-corrected chi connectivity index (χ1v) is 20.6. The summed E-state index contributed by atoms with van der Waals surface area (Å²) in [5.41, 5.74) is 15.1. The van der Waals surface area contributed by atoms with Gasteiger partial charge in [0.2, 0.25) is 0 Å². The van der Waals surface area contributed by atoms with Crippen LogP contribution >= 0.6 is 11.8 Å². The van der Waals surface area contributed by atoms with Gasteiger partial charge < -0.3 is 0 Å². The second-order valence-electron chi connectivity index (χ2n) is 15.4. The standard InChI is InChI=1S/C56H33NS/c57-34-35-24-26-37(27-25-35)39-30-31-47-46(33-39)55-45(18-11-21-50(55)56(47)48-19-7-9-22-51(48)58-52-23-10-8-20-49(52)56)54-43-16-5-3-14-41(43)53(42-15-4-6-17-44(42)54)40-29-28-36-12-1-2-13-38(36)32-40/h1-33H. The number of nitriles is 1. The summed E-state index contributed by atoms with van der Waals surface area (Å²) >= 11 is 1.87. The van der Waals surface area contributed by atoms with Gasteiger partial charge in [0.15, 0.2) is 0 Å². The summed E-state index contributed by atoms with van der Waals surface area (Å²) in [7, 11) is 0. The van der Waals surface area contributed by atoms with E-state index in [0.717, 1.165) is 11.1 Å². The van der Waals surface area contributed by atoms with Crippen molar-refractivity contribution in [2.45, 2.75) is 15.2 Å². The lowest BCUT2D eigenvalue weighted by atomic mass is 9.67. The Morgan fingerprint density at radius 2 is 0.914 bits per heavy atom. The maximum atomic E-state index is 9.60. The highest BCUT2D eigenvalue weighted by Gasteiger charge is 2.51. The van der Waals surface area contributed by atoms with E-state index in [1.165, 1.54) is 97.7 Å². The van der Waals surface area contributed by atoms with E-state index in [-0.39, 0.29) is 0 Å². The molecule has 0 saturated heterocycles. The molecule has 0 fully saturated rings. The van der Waals surface area contributed by atoms with Gasteiger partial charge in [0.05, 0.1) is 17.0 Å². The van der Waals surface area contributed by atoms with Gasteiger partial charge in [0, 0.05) is 9.79 Å². The topological polar surface area (TPSA) is 23.8 Å². The van der Waals surface area contributed by atoms with E-state index in [4.69, 9.17) is 0 Å². The van der Waals surface area contributed by atoms with Gasteiger partial charge in [-0.2, -0.15) is 5.26 Å². The minimum atomic E-state index is -0.515. The monoisotopic (exact) mass is 751 g/mol. The molecule has 0 saturated carbocycles. The van der Waals surface area contributed by atoms with Crippen molar-refractivity contribution < 1.29 is 0 Å². The van der Waals surface area contributed by atoms with Crippen LogP contribution in [0.15, 0.2) is 210 Å². The van der Waals surface area contributed by atoms with Crippen LogP contribution in [0.1, 0.15) is 27.8 Å². The maximum Gasteiger partial charge on any atom is 0.0991 e. The van der Waals surface area contributed by atoms with Gasteiger partial charge in [-0.05, 0) is 135 Å². The summed E-state index contributed by atoms with van der Waals surface area (Å²) in [5, 5.41) is 17.0. The fraction of sp³-hybridized carbons (Fsp3) is 0.0179. The average molecular weight is 752 g/mol. The highest BCUT2D eigenvalue weighted by Crippen LogP contribution is 2.64. The molecule has 0 bridgehead atoms. The highest BCUT2D eigenvalue weighted by molar-refractivity contribution is 7.99. The van der Waals surface area contributed by atoms with E-state index in [1.54, 1.807) is 0 Å². The first-order valence-electron chi connectivity index (χ1n) is 19.8. The van der Waals surface area contributed by atoms with Crippen molar-refractivity contribution in [3.8, 4) is 50.6 Å². The normalized spacial score (nSPS) is 13.2. The van der Waals surface area contributed by atoms with Crippen LogP contribution < -0.4 is 0 Å². The van der Waals surface area contributed by atoms with Crippen molar-refractivity contribution in [1.29, 1.82) is 5.26 Å². The zero-order valence-electron chi connectivity index (χ0n) is 31.4. The van der Waals surface area contributed by atoms with Crippen molar-refractivity contribution in [3.05, 3.63) is 228 Å². The Morgan fingerprint density at radius 3 is 1.59 bits per heavy atom. The van der Waals surface area contributed by atoms with Crippen LogP contribution in [0.3, 0.4) is 0 Å². The highest BCUT2D eigenvalue weighted by atomic mass is 32.2. The minimum absolute atomic E-state index is 0.515.